The van der Waals surface area contributed by atoms with Crippen molar-refractivity contribution >= 4 is 5.91 Å². The lowest BCUT2D eigenvalue weighted by atomic mass is 9.97. The smallest absolute Gasteiger partial charge is 0.217 e. The van der Waals surface area contributed by atoms with Crippen molar-refractivity contribution in [2.24, 2.45) is 5.73 Å². The van der Waals surface area contributed by atoms with Gasteiger partial charge in [-0.25, -0.2) is 0 Å². The van der Waals surface area contributed by atoms with Crippen LogP contribution in [0.5, 0.6) is 0 Å². The Morgan fingerprint density at radius 2 is 1.89 bits per heavy atom. The number of hydrogen-bond acceptors (Lipinski definition) is 3. The maximum Gasteiger partial charge on any atom is 0.217 e. The molecule has 2 N–H and O–H groups in total. The minimum Gasteiger partial charge on any atom is -0.370 e. The van der Waals surface area contributed by atoms with Gasteiger partial charge in [0.1, 0.15) is 0 Å². The molecule has 1 heterocycles. The summed E-state index contributed by atoms with van der Waals surface area (Å²) < 4.78 is 0. The highest BCUT2D eigenvalue weighted by molar-refractivity contribution is 5.73. The lowest BCUT2D eigenvalue weighted by molar-refractivity contribution is -0.118. The molecule has 4 nitrogen and oxygen atoms in total. The van der Waals surface area contributed by atoms with Crippen molar-refractivity contribution in [2.75, 3.05) is 26.7 Å². The van der Waals surface area contributed by atoms with Crippen LogP contribution in [0, 0.1) is 0 Å². The van der Waals surface area contributed by atoms with E-state index in [1.54, 1.807) is 0 Å². The van der Waals surface area contributed by atoms with Crippen LogP contribution in [-0.2, 0) is 4.79 Å². The van der Waals surface area contributed by atoms with Crippen LogP contribution >= 0.6 is 0 Å². The van der Waals surface area contributed by atoms with Gasteiger partial charge in [0.2, 0.25) is 5.91 Å². The van der Waals surface area contributed by atoms with Crippen LogP contribution in [-0.4, -0.2) is 54.0 Å². The Hall–Kier alpha value is -0.610. The first-order valence-electron chi connectivity index (χ1n) is 7.04. The highest BCUT2D eigenvalue weighted by atomic mass is 16.1. The molecule has 4 heteroatoms. The van der Waals surface area contributed by atoms with Gasteiger partial charge in [0.25, 0.3) is 0 Å². The molecule has 0 aromatic carbocycles. The largest absolute Gasteiger partial charge is 0.370 e. The summed E-state index contributed by atoms with van der Waals surface area (Å²) >= 11 is 0. The van der Waals surface area contributed by atoms with Crippen molar-refractivity contribution in [1.82, 2.24) is 9.80 Å². The van der Waals surface area contributed by atoms with E-state index in [0.29, 0.717) is 12.5 Å². The monoisotopic (exact) mass is 255 g/mol. The van der Waals surface area contributed by atoms with Crippen molar-refractivity contribution in [1.29, 1.82) is 0 Å². The molecule has 0 aliphatic carbocycles. The fourth-order valence-corrected chi connectivity index (χ4v) is 2.66. The van der Waals surface area contributed by atoms with Crippen LogP contribution in [0.15, 0.2) is 0 Å². The van der Waals surface area contributed by atoms with E-state index < -0.39 is 0 Å². The van der Waals surface area contributed by atoms with Gasteiger partial charge in [-0.3, -0.25) is 9.69 Å². The zero-order chi connectivity index (χ0) is 13.8. The molecule has 0 radical (unpaired) electrons. The van der Waals surface area contributed by atoms with Crippen molar-refractivity contribution in [3.05, 3.63) is 0 Å². The first kappa shape index (κ1) is 15.4. The summed E-state index contributed by atoms with van der Waals surface area (Å²) in [5.41, 5.74) is 5.45. The summed E-state index contributed by atoms with van der Waals surface area (Å²) in [5.74, 6) is -0.189. The van der Waals surface area contributed by atoms with Gasteiger partial charge in [0.15, 0.2) is 0 Å². The van der Waals surface area contributed by atoms with Gasteiger partial charge in [0, 0.05) is 31.1 Å². The standard InChI is InChI=1S/C14H29N3O/c1-14(2,3)17-10-7-12(8-11-17)16(4)9-5-6-13(15)18/h12H,5-11H2,1-4H3,(H2,15,18). The normalized spacial score (nSPS) is 19.4. The first-order valence-corrected chi connectivity index (χ1v) is 7.04. The molecule has 0 atom stereocenters. The van der Waals surface area contributed by atoms with Gasteiger partial charge in [-0.15, -0.1) is 0 Å². The van der Waals surface area contributed by atoms with E-state index in [4.69, 9.17) is 5.73 Å². The number of likely N-dealkylation sites (tertiary alicyclic amines) is 1. The predicted molar refractivity (Wildman–Crippen MR) is 75.4 cm³/mol. The third-order valence-corrected chi connectivity index (χ3v) is 3.97. The molecule has 1 fully saturated rings. The van der Waals surface area contributed by atoms with Crippen LogP contribution < -0.4 is 5.73 Å². The Kier molecular flexibility index (Phi) is 5.60. The number of rotatable bonds is 5. The average Bonchev–Trinajstić information content (AvgIpc) is 2.27. The maximum absolute atomic E-state index is 10.7. The molecular formula is C14H29N3O. The van der Waals surface area contributed by atoms with Crippen molar-refractivity contribution in [2.45, 2.75) is 58.0 Å². The van der Waals surface area contributed by atoms with E-state index in [9.17, 15) is 4.79 Å². The molecule has 1 aliphatic heterocycles. The predicted octanol–water partition coefficient (Wildman–Crippen LogP) is 1.45. The second-order valence-electron chi connectivity index (χ2n) is 6.44. The Bertz CT molecular complexity index is 265. The van der Waals surface area contributed by atoms with Gasteiger partial charge in [-0.05, 0) is 53.6 Å². The van der Waals surface area contributed by atoms with Crippen LogP contribution in [0.1, 0.15) is 46.5 Å². The summed E-state index contributed by atoms with van der Waals surface area (Å²) in [5, 5.41) is 0. The first-order chi connectivity index (χ1) is 8.30. The van der Waals surface area contributed by atoms with Crippen molar-refractivity contribution < 1.29 is 4.79 Å². The van der Waals surface area contributed by atoms with Gasteiger partial charge >= 0.3 is 0 Å². The Labute approximate surface area is 111 Å². The minimum absolute atomic E-state index is 0.189. The fraction of sp³-hybridized carbons (Fsp3) is 0.929. The van der Waals surface area contributed by atoms with Gasteiger partial charge < -0.3 is 10.6 Å². The maximum atomic E-state index is 10.7. The molecule has 0 unspecified atom stereocenters. The Morgan fingerprint density at radius 3 is 2.33 bits per heavy atom. The summed E-state index contributed by atoms with van der Waals surface area (Å²) in [4.78, 5) is 15.7. The van der Waals surface area contributed by atoms with E-state index >= 15 is 0 Å². The SMILES string of the molecule is CN(CCCC(N)=O)C1CCN(C(C)(C)C)CC1. The molecule has 1 saturated heterocycles. The summed E-state index contributed by atoms with van der Waals surface area (Å²) in [6.45, 7) is 10.2. The van der Waals surface area contributed by atoms with E-state index in [-0.39, 0.29) is 11.4 Å². The number of carbonyl (C=O) groups excluding carboxylic acids is 1. The molecule has 1 rings (SSSR count). The number of nitrogens with two attached hydrogens (primary N) is 1. The minimum atomic E-state index is -0.189. The zero-order valence-electron chi connectivity index (χ0n) is 12.4. The van der Waals surface area contributed by atoms with Gasteiger partial charge in [-0.2, -0.15) is 0 Å². The second-order valence-corrected chi connectivity index (χ2v) is 6.44. The Balaban J connectivity index is 2.27. The topological polar surface area (TPSA) is 49.6 Å². The highest BCUT2D eigenvalue weighted by Gasteiger charge is 2.28. The molecule has 0 bridgehead atoms. The number of primary amides is 1. The van der Waals surface area contributed by atoms with Gasteiger partial charge in [0.05, 0.1) is 0 Å². The Morgan fingerprint density at radius 1 is 1.33 bits per heavy atom. The number of amides is 1. The molecular weight excluding hydrogens is 226 g/mol. The number of piperidine rings is 1. The summed E-state index contributed by atoms with van der Waals surface area (Å²) in [6.07, 6.45) is 3.84. The summed E-state index contributed by atoms with van der Waals surface area (Å²) in [7, 11) is 2.17. The summed E-state index contributed by atoms with van der Waals surface area (Å²) in [6, 6.07) is 0.663. The molecule has 0 spiro atoms. The molecule has 1 amide bonds. The zero-order valence-corrected chi connectivity index (χ0v) is 12.4. The molecule has 0 aromatic heterocycles. The molecule has 0 aromatic rings. The van der Waals surface area contributed by atoms with Crippen LogP contribution in [0.2, 0.25) is 0 Å². The molecule has 106 valence electrons. The number of carbonyl (C=O) groups is 1. The number of hydrogen-bond donors (Lipinski definition) is 1. The van der Waals surface area contributed by atoms with Gasteiger partial charge in [-0.1, -0.05) is 0 Å². The van der Waals surface area contributed by atoms with Crippen LogP contribution in [0.4, 0.5) is 0 Å². The van der Waals surface area contributed by atoms with Crippen LogP contribution in [0.3, 0.4) is 0 Å². The van der Waals surface area contributed by atoms with Crippen LogP contribution in [0.25, 0.3) is 0 Å². The van der Waals surface area contributed by atoms with Crippen molar-refractivity contribution in [3.63, 3.8) is 0 Å². The molecule has 18 heavy (non-hydrogen) atoms. The molecule has 0 saturated carbocycles. The lowest BCUT2D eigenvalue weighted by Gasteiger charge is -2.43. The molecule has 1 aliphatic rings. The van der Waals surface area contributed by atoms with Crippen molar-refractivity contribution in [3.8, 4) is 0 Å². The average molecular weight is 255 g/mol. The van der Waals surface area contributed by atoms with E-state index in [1.807, 2.05) is 0 Å². The van der Waals surface area contributed by atoms with E-state index in [2.05, 4.69) is 37.6 Å². The fourth-order valence-electron chi connectivity index (χ4n) is 2.66. The van der Waals surface area contributed by atoms with E-state index in [1.165, 1.54) is 25.9 Å². The van der Waals surface area contributed by atoms with E-state index in [0.717, 1.165) is 13.0 Å². The number of nitrogens with zero attached hydrogens (tertiary/aromatic N) is 2. The third-order valence-electron chi connectivity index (χ3n) is 3.97. The lowest BCUT2D eigenvalue weighted by Crippen LogP contribution is -2.50. The highest BCUT2D eigenvalue weighted by Crippen LogP contribution is 2.22. The second kappa shape index (κ2) is 6.53. The quantitative estimate of drug-likeness (QED) is 0.809. The third kappa shape index (κ3) is 4.94.